The number of nitrogens with zero attached hydrogens (tertiary/aromatic N) is 1. The minimum absolute atomic E-state index is 0.0458. The van der Waals surface area contributed by atoms with Crippen LogP contribution >= 0.6 is 0 Å². The average Bonchev–Trinajstić information content (AvgIpc) is 2.61. The van der Waals surface area contributed by atoms with Crippen LogP contribution in [0, 0.1) is 29.0 Å². The second kappa shape index (κ2) is 10.2. The molecule has 1 aromatic rings. The number of hydrogen-bond acceptors (Lipinski definition) is 3. The fourth-order valence-electron chi connectivity index (χ4n) is 3.65. The van der Waals surface area contributed by atoms with Crippen LogP contribution in [0.25, 0.3) is 0 Å². The monoisotopic (exact) mass is 345 g/mol. The van der Waals surface area contributed by atoms with Crippen LogP contribution in [-0.4, -0.2) is 5.97 Å². The van der Waals surface area contributed by atoms with Crippen LogP contribution in [0.2, 0.25) is 0 Å². The Bertz CT molecular complexity index is 600. The number of rotatable bonds is 8. The summed E-state index contributed by atoms with van der Waals surface area (Å²) < 4.78 is 18.7. The zero-order chi connectivity index (χ0) is 18.1. The summed E-state index contributed by atoms with van der Waals surface area (Å²) in [6.07, 6.45) is 11.5. The van der Waals surface area contributed by atoms with Crippen molar-refractivity contribution in [1.29, 1.82) is 5.26 Å². The van der Waals surface area contributed by atoms with Crippen LogP contribution in [0.4, 0.5) is 4.39 Å². The first kappa shape index (κ1) is 19.4. The Labute approximate surface area is 150 Å². The topological polar surface area (TPSA) is 50.1 Å². The van der Waals surface area contributed by atoms with Gasteiger partial charge in [0.2, 0.25) is 0 Å². The average molecular weight is 345 g/mol. The van der Waals surface area contributed by atoms with Crippen LogP contribution < -0.4 is 4.74 Å². The van der Waals surface area contributed by atoms with Crippen LogP contribution in [0.15, 0.2) is 18.2 Å². The predicted molar refractivity (Wildman–Crippen MR) is 95.6 cm³/mol. The summed E-state index contributed by atoms with van der Waals surface area (Å²) in [7, 11) is 0. The van der Waals surface area contributed by atoms with E-state index in [0.717, 1.165) is 18.4 Å². The molecule has 0 spiro atoms. The van der Waals surface area contributed by atoms with Crippen molar-refractivity contribution in [1.82, 2.24) is 0 Å². The highest BCUT2D eigenvalue weighted by Gasteiger charge is 2.21. The van der Waals surface area contributed by atoms with Gasteiger partial charge in [0, 0.05) is 12.5 Å². The maximum atomic E-state index is 13.5. The van der Waals surface area contributed by atoms with Crippen molar-refractivity contribution in [3.8, 4) is 11.8 Å². The Hall–Kier alpha value is -1.89. The smallest absolute Gasteiger partial charge is 0.311 e. The van der Waals surface area contributed by atoms with Crippen molar-refractivity contribution >= 4 is 5.97 Å². The molecule has 2 rings (SSSR count). The van der Waals surface area contributed by atoms with Gasteiger partial charge in [-0.25, -0.2) is 4.39 Å². The maximum absolute atomic E-state index is 13.5. The molecule has 0 N–H and O–H groups in total. The summed E-state index contributed by atoms with van der Waals surface area (Å²) in [5.41, 5.74) is -0.0458. The minimum Gasteiger partial charge on any atom is -0.426 e. The Morgan fingerprint density at radius 3 is 2.48 bits per heavy atom. The SMILES string of the molecule is CCCCC[C@H]1CC[C@H](CCC(=O)Oc2ccc(C#N)c(F)c2)CC1. The molecule has 1 aromatic carbocycles. The number of unbranched alkanes of at least 4 members (excludes halogenated alkanes) is 2. The third-order valence-electron chi connectivity index (χ3n) is 5.23. The molecule has 1 fully saturated rings. The fourth-order valence-corrected chi connectivity index (χ4v) is 3.65. The van der Waals surface area contributed by atoms with E-state index in [1.165, 1.54) is 63.5 Å². The molecule has 4 heteroatoms. The summed E-state index contributed by atoms with van der Waals surface area (Å²) >= 11 is 0. The molecule has 0 heterocycles. The highest BCUT2D eigenvalue weighted by atomic mass is 19.1. The van der Waals surface area contributed by atoms with E-state index in [9.17, 15) is 9.18 Å². The lowest BCUT2D eigenvalue weighted by molar-refractivity contribution is -0.134. The first-order valence-electron chi connectivity index (χ1n) is 9.52. The van der Waals surface area contributed by atoms with Gasteiger partial charge >= 0.3 is 5.97 Å². The zero-order valence-electron chi connectivity index (χ0n) is 15.1. The molecule has 0 aromatic heterocycles. The van der Waals surface area contributed by atoms with E-state index in [-0.39, 0.29) is 17.3 Å². The van der Waals surface area contributed by atoms with Crippen LogP contribution in [0.1, 0.15) is 76.7 Å². The summed E-state index contributed by atoms with van der Waals surface area (Å²) in [5, 5.41) is 8.70. The van der Waals surface area contributed by atoms with Crippen LogP contribution in [-0.2, 0) is 4.79 Å². The number of halogens is 1. The lowest BCUT2D eigenvalue weighted by Gasteiger charge is -2.28. The summed E-state index contributed by atoms with van der Waals surface area (Å²) in [4.78, 5) is 11.9. The van der Waals surface area contributed by atoms with Crippen molar-refractivity contribution < 1.29 is 13.9 Å². The molecule has 0 bridgehead atoms. The fraction of sp³-hybridized carbons (Fsp3) is 0.619. The molecule has 136 valence electrons. The van der Waals surface area contributed by atoms with Gasteiger partial charge in [0.15, 0.2) is 0 Å². The molecule has 0 atom stereocenters. The molecular formula is C21H28FNO2. The van der Waals surface area contributed by atoms with E-state index < -0.39 is 5.82 Å². The predicted octanol–water partition coefficient (Wildman–Crippen LogP) is 5.77. The number of benzene rings is 1. The molecule has 1 aliphatic carbocycles. The van der Waals surface area contributed by atoms with Gasteiger partial charge in [-0.05, 0) is 30.4 Å². The highest BCUT2D eigenvalue weighted by molar-refractivity contribution is 5.72. The second-order valence-electron chi connectivity index (χ2n) is 7.15. The van der Waals surface area contributed by atoms with E-state index in [0.29, 0.717) is 12.3 Å². The quantitative estimate of drug-likeness (QED) is 0.341. The molecule has 25 heavy (non-hydrogen) atoms. The van der Waals surface area contributed by atoms with Gasteiger partial charge < -0.3 is 4.74 Å². The van der Waals surface area contributed by atoms with Gasteiger partial charge in [-0.2, -0.15) is 5.26 Å². The highest BCUT2D eigenvalue weighted by Crippen LogP contribution is 2.34. The molecule has 0 unspecified atom stereocenters. The number of carbonyl (C=O) groups excluding carboxylic acids is 1. The molecule has 1 aliphatic rings. The van der Waals surface area contributed by atoms with E-state index >= 15 is 0 Å². The third kappa shape index (κ3) is 6.49. The molecule has 0 amide bonds. The van der Waals surface area contributed by atoms with Crippen LogP contribution in [0.5, 0.6) is 5.75 Å². The number of esters is 1. The Morgan fingerprint density at radius 2 is 1.88 bits per heavy atom. The van der Waals surface area contributed by atoms with E-state index in [1.807, 2.05) is 0 Å². The van der Waals surface area contributed by atoms with Gasteiger partial charge in [-0.15, -0.1) is 0 Å². The zero-order valence-corrected chi connectivity index (χ0v) is 15.1. The standard InChI is InChI=1S/C21H28FNO2/c1-2-3-4-5-16-6-8-17(9-7-16)10-13-21(24)25-19-12-11-18(15-23)20(22)14-19/h11-12,14,16-17H,2-10,13H2,1H3/t16-,17-. The van der Waals surface area contributed by atoms with Gasteiger partial charge in [-0.1, -0.05) is 58.3 Å². The largest absolute Gasteiger partial charge is 0.426 e. The first-order chi connectivity index (χ1) is 12.1. The molecule has 0 aliphatic heterocycles. The Kier molecular flexibility index (Phi) is 7.91. The number of carbonyl (C=O) groups is 1. The molecule has 1 saturated carbocycles. The summed E-state index contributed by atoms with van der Waals surface area (Å²) in [6.45, 7) is 2.24. The number of nitriles is 1. The van der Waals surface area contributed by atoms with E-state index in [2.05, 4.69) is 6.92 Å². The maximum Gasteiger partial charge on any atom is 0.311 e. The number of hydrogen-bond donors (Lipinski definition) is 0. The first-order valence-corrected chi connectivity index (χ1v) is 9.52. The van der Waals surface area contributed by atoms with Gasteiger partial charge in [0.25, 0.3) is 0 Å². The minimum atomic E-state index is -0.658. The van der Waals surface area contributed by atoms with Crippen molar-refractivity contribution in [3.63, 3.8) is 0 Å². The molecule has 0 radical (unpaired) electrons. The summed E-state index contributed by atoms with van der Waals surface area (Å²) in [5.74, 6) is 0.661. The normalized spacial score (nSPS) is 20.0. The van der Waals surface area contributed by atoms with Crippen molar-refractivity contribution in [2.24, 2.45) is 11.8 Å². The van der Waals surface area contributed by atoms with Gasteiger partial charge in [-0.3, -0.25) is 4.79 Å². The van der Waals surface area contributed by atoms with Crippen molar-refractivity contribution in [2.45, 2.75) is 71.1 Å². The van der Waals surface area contributed by atoms with Crippen molar-refractivity contribution in [2.75, 3.05) is 0 Å². The Morgan fingerprint density at radius 1 is 1.20 bits per heavy atom. The molecule has 0 saturated heterocycles. The molecule has 3 nitrogen and oxygen atoms in total. The van der Waals surface area contributed by atoms with Crippen molar-refractivity contribution in [3.05, 3.63) is 29.6 Å². The van der Waals surface area contributed by atoms with Gasteiger partial charge in [0.05, 0.1) is 5.56 Å². The molecular weight excluding hydrogens is 317 g/mol. The lowest BCUT2D eigenvalue weighted by atomic mass is 9.78. The van der Waals surface area contributed by atoms with Gasteiger partial charge in [0.1, 0.15) is 17.6 Å². The lowest BCUT2D eigenvalue weighted by Crippen LogP contribution is -2.17. The second-order valence-corrected chi connectivity index (χ2v) is 7.15. The third-order valence-corrected chi connectivity index (χ3v) is 5.23. The van der Waals surface area contributed by atoms with E-state index in [1.54, 1.807) is 6.07 Å². The van der Waals surface area contributed by atoms with Crippen LogP contribution in [0.3, 0.4) is 0 Å². The Balaban J connectivity index is 1.67. The summed E-state index contributed by atoms with van der Waals surface area (Å²) in [6, 6.07) is 5.63. The number of ether oxygens (including phenoxy) is 1. The van der Waals surface area contributed by atoms with E-state index in [4.69, 9.17) is 10.00 Å².